The van der Waals surface area contributed by atoms with Crippen molar-refractivity contribution < 1.29 is 19.0 Å². The molecule has 1 amide bonds. The molecule has 0 fully saturated rings. The number of primary amides is 1. The van der Waals surface area contributed by atoms with Crippen LogP contribution in [0.25, 0.3) is 11.1 Å². The smallest absolute Gasteiger partial charge is 0.258 e. The van der Waals surface area contributed by atoms with Gasteiger partial charge in [0.25, 0.3) is 5.91 Å². The van der Waals surface area contributed by atoms with Gasteiger partial charge in [0.15, 0.2) is 6.10 Å². The lowest BCUT2D eigenvalue weighted by Gasteiger charge is -2.15. The standard InChI is InChI=1S/C22H17Cl3FNO3/c1-11(22(27)29)30-14-9-17(23)16(18(24)10-14)7-12-2-5-21(28)15(6-12)13-3-4-20(26)19(25)8-13/h2-6,8-11,28H,7H2,1H3,(H2,27,29). The number of hydrogen-bond donors (Lipinski definition) is 2. The van der Waals surface area contributed by atoms with Crippen molar-refractivity contribution in [2.45, 2.75) is 19.4 Å². The van der Waals surface area contributed by atoms with Crippen molar-refractivity contribution in [3.8, 4) is 22.6 Å². The molecule has 0 spiro atoms. The molecule has 4 nitrogen and oxygen atoms in total. The number of aromatic hydroxyl groups is 1. The molecule has 0 bridgehead atoms. The molecule has 3 aromatic carbocycles. The van der Waals surface area contributed by atoms with Crippen LogP contribution in [0.4, 0.5) is 4.39 Å². The third kappa shape index (κ3) is 4.98. The lowest BCUT2D eigenvalue weighted by Crippen LogP contribution is -2.30. The van der Waals surface area contributed by atoms with Crippen molar-refractivity contribution in [1.82, 2.24) is 0 Å². The van der Waals surface area contributed by atoms with E-state index in [9.17, 15) is 14.3 Å². The van der Waals surface area contributed by atoms with Crippen LogP contribution in [0.5, 0.6) is 11.5 Å². The van der Waals surface area contributed by atoms with E-state index in [0.29, 0.717) is 38.9 Å². The van der Waals surface area contributed by atoms with Gasteiger partial charge in [-0.25, -0.2) is 4.39 Å². The second-order valence-corrected chi connectivity index (χ2v) is 7.91. The fourth-order valence-corrected chi connectivity index (χ4v) is 3.65. The minimum Gasteiger partial charge on any atom is -0.507 e. The fourth-order valence-electron chi connectivity index (χ4n) is 2.87. The van der Waals surface area contributed by atoms with E-state index in [4.69, 9.17) is 45.3 Å². The predicted octanol–water partition coefficient (Wildman–Crippen LogP) is 6.00. The van der Waals surface area contributed by atoms with Gasteiger partial charge in [0, 0.05) is 22.0 Å². The van der Waals surface area contributed by atoms with Crippen LogP contribution in [-0.4, -0.2) is 17.1 Å². The number of halogens is 4. The Morgan fingerprint density at radius 3 is 2.33 bits per heavy atom. The van der Waals surface area contributed by atoms with E-state index in [0.717, 1.165) is 5.56 Å². The zero-order valence-electron chi connectivity index (χ0n) is 15.8. The van der Waals surface area contributed by atoms with Crippen LogP contribution >= 0.6 is 34.8 Å². The normalized spacial score (nSPS) is 11.9. The maximum absolute atomic E-state index is 13.5. The average molecular weight is 469 g/mol. The van der Waals surface area contributed by atoms with Crippen LogP contribution in [-0.2, 0) is 11.2 Å². The second kappa shape index (κ2) is 9.13. The molecule has 0 aliphatic rings. The molecule has 3 N–H and O–H groups in total. The SMILES string of the molecule is CC(Oc1cc(Cl)c(Cc2ccc(O)c(-c3ccc(F)c(Cl)c3)c2)c(Cl)c1)C(N)=O. The summed E-state index contributed by atoms with van der Waals surface area (Å²) in [6.07, 6.45) is -0.462. The maximum Gasteiger partial charge on any atom is 0.258 e. The highest BCUT2D eigenvalue weighted by molar-refractivity contribution is 6.36. The van der Waals surface area contributed by atoms with Crippen LogP contribution in [0.2, 0.25) is 15.1 Å². The van der Waals surface area contributed by atoms with Crippen LogP contribution < -0.4 is 10.5 Å². The van der Waals surface area contributed by atoms with Gasteiger partial charge in [0.2, 0.25) is 0 Å². The van der Waals surface area contributed by atoms with Crippen molar-refractivity contribution in [3.05, 3.63) is 80.5 Å². The molecule has 3 aromatic rings. The topological polar surface area (TPSA) is 72.6 Å². The van der Waals surface area contributed by atoms with Gasteiger partial charge in [0.05, 0.1) is 5.02 Å². The first kappa shape index (κ1) is 22.2. The number of carbonyl (C=O) groups is 1. The van der Waals surface area contributed by atoms with Gasteiger partial charge >= 0.3 is 0 Å². The Morgan fingerprint density at radius 1 is 1.07 bits per heavy atom. The molecule has 156 valence electrons. The molecule has 8 heteroatoms. The number of nitrogens with two attached hydrogens (primary N) is 1. The zero-order chi connectivity index (χ0) is 22.0. The number of hydrogen-bond acceptors (Lipinski definition) is 3. The van der Waals surface area contributed by atoms with Gasteiger partial charge in [-0.2, -0.15) is 0 Å². The Kier molecular flexibility index (Phi) is 6.76. The highest BCUT2D eigenvalue weighted by Crippen LogP contribution is 2.36. The number of ether oxygens (including phenoxy) is 1. The summed E-state index contributed by atoms with van der Waals surface area (Å²) in [4.78, 5) is 11.2. The van der Waals surface area contributed by atoms with Crippen molar-refractivity contribution >= 4 is 40.7 Å². The molecule has 0 aliphatic heterocycles. The molecule has 3 rings (SSSR count). The first-order chi connectivity index (χ1) is 14.2. The van der Waals surface area contributed by atoms with Crippen LogP contribution in [0.15, 0.2) is 48.5 Å². The van der Waals surface area contributed by atoms with Crippen LogP contribution in [0.1, 0.15) is 18.1 Å². The molecule has 0 saturated carbocycles. The predicted molar refractivity (Wildman–Crippen MR) is 117 cm³/mol. The Balaban J connectivity index is 1.91. The average Bonchev–Trinajstić information content (AvgIpc) is 2.68. The van der Waals surface area contributed by atoms with Crippen molar-refractivity contribution in [3.63, 3.8) is 0 Å². The summed E-state index contributed by atoms with van der Waals surface area (Å²) in [5.41, 5.74) is 7.73. The Morgan fingerprint density at radius 2 is 1.73 bits per heavy atom. The van der Waals surface area contributed by atoms with E-state index in [1.165, 1.54) is 31.2 Å². The highest BCUT2D eigenvalue weighted by Gasteiger charge is 2.16. The molecule has 30 heavy (non-hydrogen) atoms. The summed E-state index contributed by atoms with van der Waals surface area (Å²) in [5, 5.41) is 10.9. The minimum atomic E-state index is -0.829. The molecule has 0 aromatic heterocycles. The minimum absolute atomic E-state index is 0.0304. The van der Waals surface area contributed by atoms with Gasteiger partial charge in [0.1, 0.15) is 17.3 Å². The molecule has 1 atom stereocenters. The van der Waals surface area contributed by atoms with E-state index in [2.05, 4.69) is 0 Å². The van der Waals surface area contributed by atoms with E-state index in [1.54, 1.807) is 24.3 Å². The van der Waals surface area contributed by atoms with E-state index in [1.807, 2.05) is 0 Å². The Bertz CT molecular complexity index is 1100. The summed E-state index contributed by atoms with van der Waals surface area (Å²) in [6.45, 7) is 1.53. The van der Waals surface area contributed by atoms with Crippen molar-refractivity contribution in [2.24, 2.45) is 5.73 Å². The summed E-state index contributed by atoms with van der Waals surface area (Å²) >= 11 is 18.6. The number of phenols is 1. The fraction of sp³-hybridized carbons (Fsp3) is 0.136. The molecule has 0 heterocycles. The van der Waals surface area contributed by atoms with Crippen LogP contribution in [0, 0.1) is 5.82 Å². The monoisotopic (exact) mass is 467 g/mol. The van der Waals surface area contributed by atoms with E-state index in [-0.39, 0.29) is 10.8 Å². The molecule has 0 saturated heterocycles. The van der Waals surface area contributed by atoms with E-state index >= 15 is 0 Å². The van der Waals surface area contributed by atoms with Gasteiger partial charge in [-0.3, -0.25) is 4.79 Å². The molecule has 1 unspecified atom stereocenters. The lowest BCUT2D eigenvalue weighted by atomic mass is 9.98. The maximum atomic E-state index is 13.5. The number of amides is 1. The van der Waals surface area contributed by atoms with Crippen LogP contribution in [0.3, 0.4) is 0 Å². The quantitative estimate of drug-likeness (QED) is 0.466. The highest BCUT2D eigenvalue weighted by atomic mass is 35.5. The number of rotatable bonds is 6. The Hall–Kier alpha value is -2.47. The third-order valence-electron chi connectivity index (χ3n) is 4.50. The summed E-state index contributed by atoms with van der Waals surface area (Å²) in [5.74, 6) is -0.790. The van der Waals surface area contributed by atoms with E-state index < -0.39 is 17.8 Å². The third-order valence-corrected chi connectivity index (χ3v) is 5.46. The molecule has 0 aliphatic carbocycles. The zero-order valence-corrected chi connectivity index (χ0v) is 18.0. The summed E-state index contributed by atoms with van der Waals surface area (Å²) < 4.78 is 18.9. The first-order valence-electron chi connectivity index (χ1n) is 8.87. The molecular weight excluding hydrogens is 452 g/mol. The second-order valence-electron chi connectivity index (χ2n) is 6.69. The molecule has 0 radical (unpaired) electrons. The lowest BCUT2D eigenvalue weighted by molar-refractivity contribution is -0.123. The first-order valence-corrected chi connectivity index (χ1v) is 10.00. The summed E-state index contributed by atoms with van der Waals surface area (Å²) in [6, 6.07) is 12.4. The van der Waals surface area contributed by atoms with Gasteiger partial charge in [-0.05, 0) is 60.0 Å². The number of benzene rings is 3. The van der Waals surface area contributed by atoms with Crippen molar-refractivity contribution in [1.29, 1.82) is 0 Å². The summed E-state index contributed by atoms with van der Waals surface area (Å²) in [7, 11) is 0. The Labute approximate surface area is 187 Å². The number of carbonyl (C=O) groups excluding carboxylic acids is 1. The van der Waals surface area contributed by atoms with Crippen molar-refractivity contribution in [2.75, 3.05) is 0 Å². The van der Waals surface area contributed by atoms with Gasteiger partial charge < -0.3 is 15.6 Å². The van der Waals surface area contributed by atoms with Gasteiger partial charge in [-0.1, -0.05) is 46.9 Å². The molecular formula is C22H17Cl3FNO3. The number of phenolic OH excluding ortho intramolecular Hbond substituents is 1. The van der Waals surface area contributed by atoms with Gasteiger partial charge in [-0.15, -0.1) is 0 Å². The largest absolute Gasteiger partial charge is 0.507 e.